The first-order chi connectivity index (χ1) is 10.0. The first kappa shape index (κ1) is 15.8. The summed E-state index contributed by atoms with van der Waals surface area (Å²) in [5.74, 6) is -0.411. The molecule has 1 aromatic rings. The van der Waals surface area contributed by atoms with Crippen LogP contribution in [0, 0.1) is 0 Å². The van der Waals surface area contributed by atoms with Gasteiger partial charge in [-0.3, -0.25) is 0 Å². The molecule has 1 saturated carbocycles. The maximum absolute atomic E-state index is 11.2. The van der Waals surface area contributed by atoms with E-state index in [2.05, 4.69) is 10.3 Å². The molecule has 5 nitrogen and oxygen atoms in total. The number of aromatic nitrogens is 1. The van der Waals surface area contributed by atoms with Crippen LogP contribution < -0.4 is 5.32 Å². The number of rotatable bonds is 6. The van der Waals surface area contributed by atoms with Crippen LogP contribution in [0.25, 0.3) is 0 Å². The van der Waals surface area contributed by atoms with Crippen LogP contribution in [-0.4, -0.2) is 33.3 Å². The standard InChI is InChI=1S/C16H24N2O3/c1-2-6-13-9-12(15(19)20)10-14(18-13)17-11-16(21)7-4-3-5-8-16/h9-10,21H,2-8,11H2,1H3,(H,17,18)(H,19,20). The number of anilines is 1. The van der Waals surface area contributed by atoms with E-state index in [1.165, 1.54) is 12.5 Å². The Kier molecular flexibility index (Phi) is 5.17. The molecule has 1 heterocycles. The van der Waals surface area contributed by atoms with Crippen molar-refractivity contribution in [2.45, 2.75) is 57.5 Å². The van der Waals surface area contributed by atoms with Gasteiger partial charge in [0.25, 0.3) is 0 Å². The molecule has 0 aliphatic heterocycles. The molecular weight excluding hydrogens is 268 g/mol. The molecule has 0 radical (unpaired) electrons. The van der Waals surface area contributed by atoms with Crippen LogP contribution >= 0.6 is 0 Å². The lowest BCUT2D eigenvalue weighted by molar-refractivity contribution is 0.0166. The van der Waals surface area contributed by atoms with Gasteiger partial charge in [-0.1, -0.05) is 32.6 Å². The third-order valence-corrected chi connectivity index (χ3v) is 4.01. The Balaban J connectivity index is 2.09. The number of pyridine rings is 1. The Morgan fingerprint density at radius 1 is 1.33 bits per heavy atom. The Bertz CT molecular complexity index is 496. The Morgan fingerprint density at radius 3 is 2.67 bits per heavy atom. The third kappa shape index (κ3) is 4.43. The SMILES string of the molecule is CCCc1cc(C(=O)O)cc(NCC2(O)CCCCC2)n1. The van der Waals surface area contributed by atoms with Gasteiger partial charge in [-0.2, -0.15) is 0 Å². The zero-order chi connectivity index (χ0) is 15.3. The summed E-state index contributed by atoms with van der Waals surface area (Å²) in [7, 11) is 0. The van der Waals surface area contributed by atoms with Gasteiger partial charge >= 0.3 is 5.97 Å². The van der Waals surface area contributed by atoms with Crippen LogP contribution in [0.15, 0.2) is 12.1 Å². The summed E-state index contributed by atoms with van der Waals surface area (Å²) < 4.78 is 0. The van der Waals surface area contributed by atoms with Crippen LogP contribution in [0.2, 0.25) is 0 Å². The van der Waals surface area contributed by atoms with Crippen LogP contribution in [0.1, 0.15) is 61.5 Å². The van der Waals surface area contributed by atoms with Crippen molar-refractivity contribution in [3.8, 4) is 0 Å². The average molecular weight is 292 g/mol. The lowest BCUT2D eigenvalue weighted by Gasteiger charge is -2.32. The van der Waals surface area contributed by atoms with Gasteiger partial charge in [-0.15, -0.1) is 0 Å². The second-order valence-corrected chi connectivity index (χ2v) is 5.93. The molecule has 116 valence electrons. The number of hydrogen-bond donors (Lipinski definition) is 3. The highest BCUT2D eigenvalue weighted by atomic mass is 16.4. The van der Waals surface area contributed by atoms with Crippen molar-refractivity contribution in [3.05, 3.63) is 23.4 Å². The number of aromatic carboxylic acids is 1. The normalized spacial score (nSPS) is 17.4. The average Bonchev–Trinajstić information content (AvgIpc) is 2.46. The zero-order valence-electron chi connectivity index (χ0n) is 12.6. The van der Waals surface area contributed by atoms with Gasteiger partial charge in [-0.05, 0) is 31.4 Å². The molecular formula is C16H24N2O3. The fourth-order valence-corrected chi connectivity index (χ4v) is 2.83. The highest BCUT2D eigenvalue weighted by Crippen LogP contribution is 2.28. The molecule has 5 heteroatoms. The minimum atomic E-state index is -0.950. The summed E-state index contributed by atoms with van der Waals surface area (Å²) in [5.41, 5.74) is 0.325. The van der Waals surface area contributed by atoms with Crippen molar-refractivity contribution in [1.82, 2.24) is 4.98 Å². The van der Waals surface area contributed by atoms with E-state index in [0.29, 0.717) is 12.4 Å². The largest absolute Gasteiger partial charge is 0.478 e. The minimum absolute atomic E-state index is 0.242. The second kappa shape index (κ2) is 6.89. The van der Waals surface area contributed by atoms with E-state index in [1.807, 2.05) is 6.92 Å². The quantitative estimate of drug-likeness (QED) is 0.751. The molecule has 0 atom stereocenters. The lowest BCUT2D eigenvalue weighted by atomic mass is 9.85. The Hall–Kier alpha value is -1.62. The fourth-order valence-electron chi connectivity index (χ4n) is 2.83. The maximum atomic E-state index is 11.2. The molecule has 1 aliphatic carbocycles. The monoisotopic (exact) mass is 292 g/mol. The van der Waals surface area contributed by atoms with Gasteiger partial charge in [0.2, 0.25) is 0 Å². The number of hydrogen-bond acceptors (Lipinski definition) is 4. The van der Waals surface area contributed by atoms with Crippen LogP contribution in [0.5, 0.6) is 0 Å². The topological polar surface area (TPSA) is 82.5 Å². The predicted molar refractivity (Wildman–Crippen MR) is 81.7 cm³/mol. The predicted octanol–water partition coefficient (Wildman–Crippen LogP) is 2.84. The highest BCUT2D eigenvalue weighted by Gasteiger charge is 2.28. The molecule has 2 rings (SSSR count). The van der Waals surface area contributed by atoms with E-state index in [1.54, 1.807) is 6.07 Å². The second-order valence-electron chi connectivity index (χ2n) is 5.93. The van der Waals surface area contributed by atoms with Gasteiger partial charge in [0, 0.05) is 12.2 Å². The summed E-state index contributed by atoms with van der Waals surface area (Å²) in [6, 6.07) is 3.15. The third-order valence-electron chi connectivity index (χ3n) is 4.01. The van der Waals surface area contributed by atoms with Crippen molar-refractivity contribution in [3.63, 3.8) is 0 Å². The van der Waals surface area contributed by atoms with Crippen molar-refractivity contribution < 1.29 is 15.0 Å². The van der Waals surface area contributed by atoms with Crippen molar-refractivity contribution in [2.75, 3.05) is 11.9 Å². The van der Waals surface area contributed by atoms with Gasteiger partial charge in [0.1, 0.15) is 5.82 Å². The fraction of sp³-hybridized carbons (Fsp3) is 0.625. The number of nitrogens with zero attached hydrogens (tertiary/aromatic N) is 1. The molecule has 0 unspecified atom stereocenters. The highest BCUT2D eigenvalue weighted by molar-refractivity contribution is 5.88. The van der Waals surface area contributed by atoms with Gasteiger partial charge < -0.3 is 15.5 Å². The molecule has 1 fully saturated rings. The van der Waals surface area contributed by atoms with Crippen LogP contribution in [0.4, 0.5) is 5.82 Å². The van der Waals surface area contributed by atoms with E-state index in [9.17, 15) is 9.90 Å². The molecule has 0 spiro atoms. The summed E-state index contributed by atoms with van der Waals surface area (Å²) in [6.45, 7) is 2.46. The van der Waals surface area contributed by atoms with Gasteiger partial charge in [0.05, 0.1) is 11.2 Å². The first-order valence-electron chi connectivity index (χ1n) is 7.73. The first-order valence-corrected chi connectivity index (χ1v) is 7.73. The molecule has 0 bridgehead atoms. The van der Waals surface area contributed by atoms with Crippen molar-refractivity contribution in [1.29, 1.82) is 0 Å². The Morgan fingerprint density at radius 2 is 2.05 bits per heavy atom. The zero-order valence-corrected chi connectivity index (χ0v) is 12.6. The van der Waals surface area contributed by atoms with Crippen molar-refractivity contribution in [2.24, 2.45) is 0 Å². The van der Waals surface area contributed by atoms with E-state index >= 15 is 0 Å². The number of nitrogens with one attached hydrogen (secondary N) is 1. The van der Waals surface area contributed by atoms with Gasteiger partial charge in [0.15, 0.2) is 0 Å². The molecule has 3 N–H and O–H groups in total. The maximum Gasteiger partial charge on any atom is 0.335 e. The van der Waals surface area contributed by atoms with E-state index in [0.717, 1.165) is 44.2 Å². The van der Waals surface area contributed by atoms with Gasteiger partial charge in [-0.25, -0.2) is 9.78 Å². The van der Waals surface area contributed by atoms with E-state index < -0.39 is 11.6 Å². The molecule has 0 amide bonds. The smallest absolute Gasteiger partial charge is 0.335 e. The number of aryl methyl sites for hydroxylation is 1. The number of aliphatic hydroxyl groups is 1. The number of carbonyl (C=O) groups is 1. The summed E-state index contributed by atoms with van der Waals surface area (Å²) >= 11 is 0. The summed E-state index contributed by atoms with van der Waals surface area (Å²) in [6.07, 6.45) is 6.51. The lowest BCUT2D eigenvalue weighted by Crippen LogP contribution is -2.39. The molecule has 0 aromatic carbocycles. The molecule has 1 aromatic heterocycles. The Labute approximate surface area is 125 Å². The van der Waals surface area contributed by atoms with E-state index in [-0.39, 0.29) is 5.56 Å². The van der Waals surface area contributed by atoms with Crippen LogP contribution in [0.3, 0.4) is 0 Å². The summed E-state index contributed by atoms with van der Waals surface area (Å²) in [4.78, 5) is 15.6. The summed E-state index contributed by atoms with van der Waals surface area (Å²) in [5, 5.41) is 22.8. The molecule has 1 aliphatic rings. The van der Waals surface area contributed by atoms with Crippen molar-refractivity contribution >= 4 is 11.8 Å². The minimum Gasteiger partial charge on any atom is -0.478 e. The molecule has 0 saturated heterocycles. The molecule has 21 heavy (non-hydrogen) atoms. The number of carboxylic acid groups (broad SMARTS) is 1. The number of carboxylic acids is 1. The van der Waals surface area contributed by atoms with Crippen LogP contribution in [-0.2, 0) is 6.42 Å². The van der Waals surface area contributed by atoms with E-state index in [4.69, 9.17) is 5.11 Å².